The van der Waals surface area contributed by atoms with Gasteiger partial charge in [0.05, 0.1) is 39.9 Å². The molecule has 0 atom stereocenters. The van der Waals surface area contributed by atoms with Gasteiger partial charge in [0.1, 0.15) is 5.52 Å². The Morgan fingerprint density at radius 2 is 1.51 bits per heavy atom. The third-order valence-corrected chi connectivity index (χ3v) is 7.98. The predicted octanol–water partition coefficient (Wildman–Crippen LogP) is 7.13. The quantitative estimate of drug-likeness (QED) is 0.112. The summed E-state index contributed by atoms with van der Waals surface area (Å²) in [6, 6.07) is 19.5. The summed E-state index contributed by atoms with van der Waals surface area (Å²) in [5.41, 5.74) is 8.64. The van der Waals surface area contributed by atoms with E-state index in [1.807, 2.05) is 20.2 Å². The Morgan fingerprint density at radius 1 is 0.857 bits per heavy atom. The molecule has 168 valence electrons. The lowest BCUT2D eigenvalue weighted by Gasteiger charge is -2.19. The van der Waals surface area contributed by atoms with E-state index in [9.17, 15) is 0 Å². The maximum atomic E-state index is 7.99. The molecule has 0 aliphatic carbocycles. The van der Waals surface area contributed by atoms with E-state index in [0.717, 1.165) is 16.5 Å². The van der Waals surface area contributed by atoms with Gasteiger partial charge in [0.25, 0.3) is 11.9 Å². The number of hydrogen-bond acceptors (Lipinski definition) is 1. The molecular formula is C31H25N4+. The minimum Gasteiger partial charge on any atom is -0.307 e. The fraction of sp³-hybridized carbons (Fsp3) is 0.194. The van der Waals surface area contributed by atoms with Gasteiger partial charge in [-0.2, -0.15) is 0 Å². The van der Waals surface area contributed by atoms with Crippen LogP contribution in [0, 0.1) is 20.4 Å². The van der Waals surface area contributed by atoms with Crippen molar-refractivity contribution in [2.45, 2.75) is 33.2 Å². The Morgan fingerprint density at radius 3 is 2.23 bits per heavy atom. The molecule has 0 aliphatic heterocycles. The van der Waals surface area contributed by atoms with Gasteiger partial charge in [0.2, 0.25) is 0 Å². The average molecular weight is 454 g/mol. The molecule has 0 radical (unpaired) electrons. The number of rotatable bonds is 1. The molecule has 3 heterocycles. The molecule has 3 aromatic heterocycles. The third kappa shape index (κ3) is 2.31. The SMILES string of the molecule is [C-]#[N+]C(C)(C)c1cc2nc[n+](C)c3c4c(C)c5ccccc5c(C)c4n4c5ccccc5c1c4c23. The largest absolute Gasteiger partial charge is 0.307 e. The molecule has 0 unspecified atom stereocenters. The van der Waals surface area contributed by atoms with Crippen molar-refractivity contribution in [1.82, 2.24) is 9.38 Å². The van der Waals surface area contributed by atoms with Crippen LogP contribution in [0.15, 0.2) is 60.9 Å². The van der Waals surface area contributed by atoms with E-state index >= 15 is 0 Å². The number of aryl methyl sites for hydroxylation is 3. The number of nitrogens with zero attached hydrogens (tertiary/aromatic N) is 4. The van der Waals surface area contributed by atoms with E-state index < -0.39 is 5.54 Å². The lowest BCUT2D eigenvalue weighted by atomic mass is 9.88. The molecule has 4 aromatic carbocycles. The molecular weight excluding hydrogens is 428 g/mol. The zero-order chi connectivity index (χ0) is 24.2. The van der Waals surface area contributed by atoms with Crippen LogP contribution < -0.4 is 4.57 Å². The Hall–Kier alpha value is -4.23. The molecule has 0 amide bonds. The van der Waals surface area contributed by atoms with Gasteiger partial charge in [-0.1, -0.05) is 42.5 Å². The molecule has 4 heteroatoms. The monoisotopic (exact) mass is 453 g/mol. The van der Waals surface area contributed by atoms with Crippen LogP contribution in [0.25, 0.3) is 64.7 Å². The second-order valence-corrected chi connectivity index (χ2v) is 10.3. The number of hydrogen-bond donors (Lipinski definition) is 0. The van der Waals surface area contributed by atoms with Crippen molar-refractivity contribution >= 4 is 59.9 Å². The highest BCUT2D eigenvalue weighted by molar-refractivity contribution is 6.29. The van der Waals surface area contributed by atoms with Crippen LogP contribution in [0.2, 0.25) is 0 Å². The highest BCUT2D eigenvalue weighted by Crippen LogP contribution is 2.46. The molecule has 0 fully saturated rings. The Kier molecular flexibility index (Phi) is 3.72. The minimum atomic E-state index is -0.669. The van der Waals surface area contributed by atoms with E-state index in [0.29, 0.717) is 0 Å². The zero-order valence-corrected chi connectivity index (χ0v) is 20.6. The topological polar surface area (TPSA) is 25.5 Å². The van der Waals surface area contributed by atoms with Crippen LogP contribution in [-0.4, -0.2) is 9.38 Å². The second kappa shape index (κ2) is 6.46. The molecule has 35 heavy (non-hydrogen) atoms. The van der Waals surface area contributed by atoms with Gasteiger partial charge in [-0.05, 0) is 46.8 Å². The zero-order valence-electron chi connectivity index (χ0n) is 20.6. The maximum absolute atomic E-state index is 7.99. The van der Waals surface area contributed by atoms with Crippen LogP contribution in [-0.2, 0) is 12.6 Å². The van der Waals surface area contributed by atoms with Gasteiger partial charge in [-0.3, -0.25) is 0 Å². The van der Waals surface area contributed by atoms with Crippen molar-refractivity contribution < 1.29 is 4.57 Å². The highest BCUT2D eigenvalue weighted by Gasteiger charge is 2.35. The van der Waals surface area contributed by atoms with Crippen molar-refractivity contribution in [2.24, 2.45) is 7.05 Å². The molecule has 0 N–H and O–H groups in total. The fourth-order valence-electron chi connectivity index (χ4n) is 6.28. The molecule has 0 bridgehead atoms. The lowest BCUT2D eigenvalue weighted by Crippen LogP contribution is -2.30. The van der Waals surface area contributed by atoms with Gasteiger partial charge in [0, 0.05) is 30.7 Å². The van der Waals surface area contributed by atoms with Crippen molar-refractivity contribution in [3.63, 3.8) is 0 Å². The van der Waals surface area contributed by atoms with E-state index in [2.05, 4.69) is 89.3 Å². The first-order chi connectivity index (χ1) is 16.8. The molecule has 7 rings (SSSR count). The molecule has 0 saturated carbocycles. The van der Waals surface area contributed by atoms with Crippen LogP contribution in [0.1, 0.15) is 30.5 Å². The van der Waals surface area contributed by atoms with E-state index in [1.165, 1.54) is 60.1 Å². The summed E-state index contributed by atoms with van der Waals surface area (Å²) in [6.45, 7) is 16.5. The number of pyridine rings is 1. The summed E-state index contributed by atoms with van der Waals surface area (Å²) >= 11 is 0. The smallest absolute Gasteiger partial charge is 0.287 e. The Balaban J connectivity index is 1.98. The predicted molar refractivity (Wildman–Crippen MR) is 144 cm³/mol. The summed E-state index contributed by atoms with van der Waals surface area (Å²) in [7, 11) is 2.09. The Bertz CT molecular complexity index is 2070. The highest BCUT2D eigenvalue weighted by atomic mass is 15.0. The lowest BCUT2D eigenvalue weighted by molar-refractivity contribution is -0.646. The van der Waals surface area contributed by atoms with Crippen LogP contribution in [0.3, 0.4) is 0 Å². The average Bonchev–Trinajstić information content (AvgIpc) is 3.22. The van der Waals surface area contributed by atoms with E-state index in [-0.39, 0.29) is 0 Å². The van der Waals surface area contributed by atoms with E-state index in [1.54, 1.807) is 0 Å². The minimum absolute atomic E-state index is 0.669. The number of benzene rings is 4. The molecule has 0 spiro atoms. The summed E-state index contributed by atoms with van der Waals surface area (Å²) in [4.78, 5) is 8.93. The van der Waals surface area contributed by atoms with Gasteiger partial charge in [-0.25, -0.2) is 11.1 Å². The third-order valence-electron chi connectivity index (χ3n) is 7.98. The molecule has 0 aliphatic rings. The first kappa shape index (κ1) is 20.2. The Labute approximate surface area is 203 Å². The number of fused-ring (bicyclic) bond motifs is 7. The standard InChI is InChI=1S/C31H25N4/c1-17-19-11-7-8-12-20(19)18(2)28-25(17)29-27-23(33-16-34(29)6)15-22(31(3,4)32-5)26-21-13-9-10-14-24(21)35(28)30(26)27/h7-16H,1-4,6H3/q+1. The first-order valence-electron chi connectivity index (χ1n) is 12.0. The van der Waals surface area contributed by atoms with Gasteiger partial charge >= 0.3 is 0 Å². The van der Waals surface area contributed by atoms with Crippen LogP contribution in [0.4, 0.5) is 0 Å². The van der Waals surface area contributed by atoms with Gasteiger partial charge in [0.15, 0.2) is 5.52 Å². The number of para-hydroxylation sites is 1. The molecule has 4 nitrogen and oxygen atoms in total. The molecule has 0 saturated heterocycles. The summed E-state index contributed by atoms with van der Waals surface area (Å²) in [6.07, 6.45) is 1.92. The second-order valence-electron chi connectivity index (χ2n) is 10.3. The van der Waals surface area contributed by atoms with Crippen molar-refractivity contribution in [3.05, 3.63) is 89.0 Å². The van der Waals surface area contributed by atoms with Gasteiger partial charge < -0.3 is 9.25 Å². The fourth-order valence-corrected chi connectivity index (χ4v) is 6.28. The summed E-state index contributed by atoms with van der Waals surface area (Å²) < 4.78 is 4.62. The number of aromatic nitrogens is 3. The van der Waals surface area contributed by atoms with Crippen molar-refractivity contribution in [1.29, 1.82) is 0 Å². The summed E-state index contributed by atoms with van der Waals surface area (Å²) in [5.74, 6) is 0. The van der Waals surface area contributed by atoms with Crippen LogP contribution in [0.5, 0.6) is 0 Å². The van der Waals surface area contributed by atoms with E-state index in [4.69, 9.17) is 11.6 Å². The van der Waals surface area contributed by atoms with Gasteiger partial charge in [-0.15, -0.1) is 0 Å². The van der Waals surface area contributed by atoms with Crippen molar-refractivity contribution in [3.8, 4) is 0 Å². The first-order valence-corrected chi connectivity index (χ1v) is 12.0. The van der Waals surface area contributed by atoms with Crippen LogP contribution >= 0.6 is 0 Å². The summed E-state index contributed by atoms with van der Waals surface area (Å²) in [5, 5.41) is 7.35. The van der Waals surface area contributed by atoms with Crippen molar-refractivity contribution in [2.75, 3.05) is 0 Å². The maximum Gasteiger partial charge on any atom is 0.287 e. The normalized spacial score (nSPS) is 12.7. The molecule has 7 aromatic rings.